The summed E-state index contributed by atoms with van der Waals surface area (Å²) in [4.78, 5) is 48.9. The quantitative estimate of drug-likeness (QED) is 0.370. The molecule has 4 aliphatic heterocycles. The average Bonchev–Trinajstić information content (AvgIpc) is 3.30. The predicted molar refractivity (Wildman–Crippen MR) is 166 cm³/mol. The second kappa shape index (κ2) is 11.7. The fourth-order valence-corrected chi connectivity index (χ4v) is 9.18. The molecule has 7 nitrogen and oxygen atoms in total. The molecule has 4 heterocycles. The molecule has 2 saturated heterocycles. The second-order valence-corrected chi connectivity index (χ2v) is 13.4. The van der Waals surface area contributed by atoms with Crippen LogP contribution in [0.3, 0.4) is 0 Å². The van der Waals surface area contributed by atoms with E-state index in [4.69, 9.17) is 0 Å². The monoisotopic (exact) mass is 585 g/mol. The minimum atomic E-state index is -0.831. The number of amides is 3. The van der Waals surface area contributed by atoms with E-state index in [1.54, 1.807) is 16.7 Å². The first-order valence-electron chi connectivity index (χ1n) is 15.0. The number of benzene rings is 2. The number of likely N-dealkylation sites (tertiary alicyclic amines) is 1. The molecule has 0 aliphatic carbocycles. The molecule has 42 heavy (non-hydrogen) atoms. The lowest BCUT2D eigenvalue weighted by atomic mass is 9.78. The largest absolute Gasteiger partial charge is 0.396 e. The lowest BCUT2D eigenvalue weighted by Gasteiger charge is -2.35. The smallest absolute Gasteiger partial charge is 0.251 e. The Kier molecular flexibility index (Phi) is 8.03. The van der Waals surface area contributed by atoms with Gasteiger partial charge in [0.25, 0.3) is 5.91 Å². The molecular weight excluding hydrogens is 546 g/mol. The number of hydrogen-bond acceptors (Lipinski definition) is 5. The Hall–Kier alpha value is -3.36. The Morgan fingerprint density at radius 1 is 0.929 bits per heavy atom. The molecule has 0 saturated carbocycles. The summed E-state index contributed by atoms with van der Waals surface area (Å²) >= 11 is 1.62. The normalized spacial score (nSPS) is 28.5. The molecule has 6 rings (SSSR count). The third-order valence-electron chi connectivity index (χ3n) is 9.17. The van der Waals surface area contributed by atoms with Gasteiger partial charge in [0.2, 0.25) is 11.8 Å². The molecular formula is C34H39N3O4S. The van der Waals surface area contributed by atoms with Crippen LogP contribution in [0.2, 0.25) is 0 Å². The highest BCUT2D eigenvalue weighted by molar-refractivity contribution is 8.02. The van der Waals surface area contributed by atoms with Crippen molar-refractivity contribution in [3.63, 3.8) is 0 Å². The number of nitrogens with zero attached hydrogens (tertiary/aromatic N) is 3. The van der Waals surface area contributed by atoms with Gasteiger partial charge >= 0.3 is 0 Å². The second-order valence-electron chi connectivity index (χ2n) is 11.9. The summed E-state index contributed by atoms with van der Waals surface area (Å²) in [5.41, 5.74) is 3.99. The number of carbonyl (C=O) groups excluding carboxylic acids is 3. The average molecular weight is 586 g/mol. The summed E-state index contributed by atoms with van der Waals surface area (Å²) in [6.45, 7) is 5.95. The number of aliphatic hydroxyl groups excluding tert-OH is 1. The Bertz CT molecular complexity index is 1430. The van der Waals surface area contributed by atoms with Crippen molar-refractivity contribution in [2.45, 2.75) is 55.7 Å². The molecule has 0 bridgehead atoms. The van der Waals surface area contributed by atoms with E-state index in [0.29, 0.717) is 39.0 Å². The van der Waals surface area contributed by atoms with Gasteiger partial charge in [-0.15, -0.1) is 11.8 Å². The number of aliphatic hydroxyl groups is 1. The maximum atomic E-state index is 14.7. The van der Waals surface area contributed by atoms with Crippen molar-refractivity contribution in [1.29, 1.82) is 0 Å². The van der Waals surface area contributed by atoms with E-state index in [9.17, 15) is 19.5 Å². The summed E-state index contributed by atoms with van der Waals surface area (Å²) in [7, 11) is 0. The highest BCUT2D eigenvalue weighted by atomic mass is 32.2. The summed E-state index contributed by atoms with van der Waals surface area (Å²) in [6, 6.07) is 15.4. The van der Waals surface area contributed by atoms with Gasteiger partial charge in [-0.3, -0.25) is 14.4 Å². The zero-order chi connectivity index (χ0) is 29.4. The van der Waals surface area contributed by atoms with Crippen molar-refractivity contribution in [2.24, 2.45) is 11.8 Å². The molecule has 220 valence electrons. The van der Waals surface area contributed by atoms with Crippen LogP contribution in [0.1, 0.15) is 36.0 Å². The van der Waals surface area contributed by atoms with Gasteiger partial charge in [0, 0.05) is 43.7 Å². The summed E-state index contributed by atoms with van der Waals surface area (Å²) < 4.78 is -0.831. The highest BCUT2D eigenvalue weighted by Crippen LogP contribution is 2.61. The number of rotatable bonds is 8. The number of hydrogen-bond donors (Lipinski definition) is 1. The molecule has 2 fully saturated rings. The van der Waals surface area contributed by atoms with E-state index in [2.05, 4.69) is 12.2 Å². The molecule has 1 spiro atoms. The van der Waals surface area contributed by atoms with Crippen LogP contribution in [-0.4, -0.2) is 74.9 Å². The molecule has 0 aromatic heterocycles. The lowest BCUT2D eigenvalue weighted by molar-refractivity contribution is -0.143. The first kappa shape index (κ1) is 28.7. The molecule has 1 N–H and O–H groups in total. The summed E-state index contributed by atoms with van der Waals surface area (Å²) in [5.74, 6) is -1.38. The molecule has 0 radical (unpaired) electrons. The van der Waals surface area contributed by atoms with E-state index in [1.165, 1.54) is 0 Å². The van der Waals surface area contributed by atoms with Gasteiger partial charge in [-0.2, -0.15) is 0 Å². The topological polar surface area (TPSA) is 81.2 Å². The summed E-state index contributed by atoms with van der Waals surface area (Å²) in [5, 5.41) is 9.15. The van der Waals surface area contributed by atoms with Crippen molar-refractivity contribution < 1.29 is 19.5 Å². The SMILES string of the molecule is Cc1ccc(C)c(N2CC=C[C@]34S[C@@H]5C=CCN(Cc6ccccc6)C(=O)[C@@H]5[C@H]3C(=O)N(CCCCCO)C4C2=O)c1. The number of carbonyl (C=O) groups is 3. The maximum absolute atomic E-state index is 14.7. The van der Waals surface area contributed by atoms with Crippen molar-refractivity contribution in [3.05, 3.63) is 89.5 Å². The molecule has 2 aromatic carbocycles. The van der Waals surface area contributed by atoms with Crippen LogP contribution in [0.4, 0.5) is 5.69 Å². The minimum Gasteiger partial charge on any atom is -0.396 e. The van der Waals surface area contributed by atoms with Gasteiger partial charge in [-0.1, -0.05) is 66.8 Å². The van der Waals surface area contributed by atoms with Gasteiger partial charge in [0.05, 0.1) is 16.6 Å². The van der Waals surface area contributed by atoms with E-state index in [0.717, 1.165) is 28.8 Å². The standard InChI is InChI=1S/C34H39N3O4S/c1-23-14-15-24(2)26(21-23)36-19-10-16-34-29(32(40)37(30(34)33(36)41)18-7-4-8-20-38)28-27(42-34)13-9-17-35(31(28)39)22-25-11-5-3-6-12-25/h3,5-6,9-16,21,27-30,38H,4,7-8,17-20,22H2,1-2H3/t27-,28+,29+,30?,34+/m1/s1. The molecule has 2 aromatic rings. The van der Waals surface area contributed by atoms with Gasteiger partial charge < -0.3 is 19.8 Å². The lowest BCUT2D eigenvalue weighted by Crippen LogP contribution is -2.53. The third kappa shape index (κ3) is 4.88. The summed E-state index contributed by atoms with van der Waals surface area (Å²) in [6.07, 6.45) is 10.4. The number of fused-ring (bicyclic) bond motifs is 2. The van der Waals surface area contributed by atoms with Gasteiger partial charge in [-0.05, 0) is 55.9 Å². The van der Waals surface area contributed by atoms with Crippen LogP contribution < -0.4 is 4.90 Å². The number of anilines is 1. The highest BCUT2D eigenvalue weighted by Gasteiger charge is 2.71. The zero-order valence-corrected chi connectivity index (χ0v) is 25.1. The van der Waals surface area contributed by atoms with E-state index >= 15 is 0 Å². The third-order valence-corrected chi connectivity index (χ3v) is 10.9. The van der Waals surface area contributed by atoms with E-state index in [1.807, 2.05) is 84.3 Å². The Morgan fingerprint density at radius 3 is 2.52 bits per heavy atom. The number of thioether (sulfide) groups is 1. The minimum absolute atomic E-state index is 0.0195. The maximum Gasteiger partial charge on any atom is 0.251 e. The molecule has 8 heteroatoms. The van der Waals surface area contributed by atoms with Crippen molar-refractivity contribution in [3.8, 4) is 0 Å². The molecule has 3 amide bonds. The van der Waals surface area contributed by atoms with Crippen LogP contribution in [0.15, 0.2) is 72.8 Å². The molecule has 5 atom stereocenters. The van der Waals surface area contributed by atoms with E-state index < -0.39 is 22.6 Å². The van der Waals surface area contributed by atoms with Gasteiger partial charge in [-0.25, -0.2) is 0 Å². The molecule has 4 aliphatic rings. The van der Waals surface area contributed by atoms with Gasteiger partial charge in [0.1, 0.15) is 6.04 Å². The first-order chi connectivity index (χ1) is 20.4. The Balaban J connectivity index is 1.39. The van der Waals surface area contributed by atoms with E-state index in [-0.39, 0.29) is 29.6 Å². The first-order valence-corrected chi connectivity index (χ1v) is 15.9. The van der Waals surface area contributed by atoms with Crippen LogP contribution in [0.5, 0.6) is 0 Å². The van der Waals surface area contributed by atoms with Crippen molar-refractivity contribution >= 4 is 35.2 Å². The Morgan fingerprint density at radius 2 is 1.74 bits per heavy atom. The fraction of sp³-hybridized carbons (Fsp3) is 0.441. The van der Waals surface area contributed by atoms with Crippen LogP contribution in [0.25, 0.3) is 0 Å². The zero-order valence-electron chi connectivity index (χ0n) is 24.3. The van der Waals surface area contributed by atoms with Crippen molar-refractivity contribution in [2.75, 3.05) is 31.1 Å². The molecule has 1 unspecified atom stereocenters. The van der Waals surface area contributed by atoms with Crippen LogP contribution >= 0.6 is 11.8 Å². The van der Waals surface area contributed by atoms with Crippen molar-refractivity contribution in [1.82, 2.24) is 9.80 Å². The van der Waals surface area contributed by atoms with Crippen LogP contribution in [-0.2, 0) is 20.9 Å². The number of unbranched alkanes of at least 4 members (excludes halogenated alkanes) is 2. The Labute approximate surface area is 252 Å². The predicted octanol–water partition coefficient (Wildman–Crippen LogP) is 4.26. The number of aryl methyl sites for hydroxylation is 2. The van der Waals surface area contributed by atoms with Crippen LogP contribution in [0, 0.1) is 25.7 Å². The van der Waals surface area contributed by atoms with Gasteiger partial charge in [0.15, 0.2) is 0 Å². The fourth-order valence-electron chi connectivity index (χ4n) is 7.17.